The van der Waals surface area contributed by atoms with Gasteiger partial charge in [-0.15, -0.1) is 0 Å². The summed E-state index contributed by atoms with van der Waals surface area (Å²) >= 11 is 0. The van der Waals surface area contributed by atoms with E-state index in [2.05, 4.69) is 30.2 Å². The number of ether oxygens (including phenoxy) is 1. The number of para-hydroxylation sites is 1. The Morgan fingerprint density at radius 1 is 1.30 bits per heavy atom. The first-order chi connectivity index (χ1) is 14.3. The van der Waals surface area contributed by atoms with Gasteiger partial charge in [0, 0.05) is 35.5 Å². The quantitative estimate of drug-likeness (QED) is 0.534. The molecule has 1 aromatic carbocycles. The van der Waals surface area contributed by atoms with Crippen LogP contribution in [0.15, 0.2) is 30.5 Å². The van der Waals surface area contributed by atoms with Crippen LogP contribution in [-0.4, -0.2) is 48.0 Å². The molecule has 6 nitrogen and oxygen atoms in total. The van der Waals surface area contributed by atoms with E-state index in [4.69, 9.17) is 4.74 Å². The number of hydrogen-bond acceptors (Lipinski definition) is 4. The van der Waals surface area contributed by atoms with Crippen LogP contribution in [0.1, 0.15) is 58.2 Å². The number of esters is 1. The van der Waals surface area contributed by atoms with Crippen LogP contribution in [-0.2, 0) is 19.7 Å². The van der Waals surface area contributed by atoms with Crippen LogP contribution in [0.4, 0.5) is 0 Å². The van der Waals surface area contributed by atoms with E-state index in [1.165, 1.54) is 0 Å². The van der Waals surface area contributed by atoms with Crippen molar-refractivity contribution < 1.29 is 14.3 Å². The van der Waals surface area contributed by atoms with Crippen molar-refractivity contribution in [3.8, 4) is 0 Å². The van der Waals surface area contributed by atoms with Crippen LogP contribution in [0.5, 0.6) is 0 Å². The number of benzene rings is 1. The molecule has 6 heteroatoms. The highest BCUT2D eigenvalue weighted by molar-refractivity contribution is 6.18. The number of aromatic amines is 1. The lowest BCUT2D eigenvalue weighted by Gasteiger charge is -2.29. The van der Waals surface area contributed by atoms with E-state index in [0.29, 0.717) is 18.5 Å². The van der Waals surface area contributed by atoms with E-state index >= 15 is 0 Å². The molecule has 0 fully saturated rings. The molecular formula is C24H33N3O3. The Bertz CT molecular complexity index is 958. The summed E-state index contributed by atoms with van der Waals surface area (Å²) in [5.74, 6) is -0.385. The van der Waals surface area contributed by atoms with Gasteiger partial charge in [-0.05, 0) is 45.0 Å². The molecule has 30 heavy (non-hydrogen) atoms. The Morgan fingerprint density at radius 3 is 2.73 bits per heavy atom. The standard InChI is InChI=1S/C24H33N3O3/c1-6-16(2)30-23(29)18-14-27(20(28)12-9-13-25-5)15-24(3,4)21-17-10-7-8-11-19(17)26-22(18)21/h7-8,10-11,14,16,25-26H,6,9,12-13,15H2,1-5H3. The molecule has 0 saturated heterocycles. The number of aromatic nitrogens is 1. The van der Waals surface area contributed by atoms with Crippen molar-refractivity contribution >= 4 is 28.4 Å². The van der Waals surface area contributed by atoms with Crippen molar-refractivity contribution in [3.63, 3.8) is 0 Å². The summed E-state index contributed by atoms with van der Waals surface area (Å²) in [6, 6.07) is 8.05. The summed E-state index contributed by atoms with van der Waals surface area (Å²) in [5, 5.41) is 4.15. The number of H-pyrrole nitrogens is 1. The van der Waals surface area contributed by atoms with Crippen molar-refractivity contribution in [1.82, 2.24) is 15.2 Å². The lowest BCUT2D eigenvalue weighted by Crippen LogP contribution is -2.37. The number of amides is 1. The van der Waals surface area contributed by atoms with Crippen molar-refractivity contribution in [3.05, 3.63) is 41.7 Å². The molecule has 2 N–H and O–H groups in total. The fraction of sp³-hybridized carbons (Fsp3) is 0.500. The molecule has 0 spiro atoms. The molecule has 2 heterocycles. The zero-order chi connectivity index (χ0) is 21.9. The molecule has 2 aromatic rings. The first kappa shape index (κ1) is 22.1. The molecule has 0 saturated carbocycles. The fourth-order valence-electron chi connectivity index (χ4n) is 4.02. The molecule has 1 aromatic heterocycles. The molecule has 0 radical (unpaired) electrons. The second-order valence-corrected chi connectivity index (χ2v) is 8.70. The molecule has 0 aliphatic carbocycles. The average molecular weight is 412 g/mol. The highest BCUT2D eigenvalue weighted by Gasteiger charge is 2.37. The predicted octanol–water partition coefficient (Wildman–Crippen LogP) is 3.97. The lowest BCUT2D eigenvalue weighted by molar-refractivity contribution is -0.141. The molecule has 1 atom stereocenters. The molecule has 3 rings (SSSR count). The maximum atomic E-state index is 13.1. The number of hydrogen-bond donors (Lipinski definition) is 2. The highest BCUT2D eigenvalue weighted by atomic mass is 16.5. The van der Waals surface area contributed by atoms with Gasteiger partial charge in [0.05, 0.1) is 17.4 Å². The van der Waals surface area contributed by atoms with Crippen molar-refractivity contribution in [1.29, 1.82) is 0 Å². The Morgan fingerprint density at radius 2 is 2.03 bits per heavy atom. The Hall–Kier alpha value is -2.60. The Kier molecular flexibility index (Phi) is 6.66. The minimum atomic E-state index is -0.400. The number of fused-ring (bicyclic) bond motifs is 3. The smallest absolute Gasteiger partial charge is 0.342 e. The van der Waals surface area contributed by atoms with Gasteiger partial charge in [-0.25, -0.2) is 4.79 Å². The number of rotatable bonds is 7. The van der Waals surface area contributed by atoms with Gasteiger partial charge < -0.3 is 19.9 Å². The first-order valence-electron chi connectivity index (χ1n) is 10.8. The van der Waals surface area contributed by atoms with Gasteiger partial charge in [-0.3, -0.25) is 4.79 Å². The fourth-order valence-corrected chi connectivity index (χ4v) is 4.02. The summed E-state index contributed by atoms with van der Waals surface area (Å²) < 4.78 is 5.67. The van der Waals surface area contributed by atoms with Gasteiger partial charge in [-0.2, -0.15) is 0 Å². The van der Waals surface area contributed by atoms with Crippen LogP contribution >= 0.6 is 0 Å². The number of carbonyl (C=O) groups excluding carboxylic acids is 2. The van der Waals surface area contributed by atoms with E-state index < -0.39 is 5.97 Å². The van der Waals surface area contributed by atoms with Gasteiger partial charge in [0.15, 0.2) is 0 Å². The van der Waals surface area contributed by atoms with Gasteiger partial charge in [0.1, 0.15) is 0 Å². The Labute approximate surface area is 178 Å². The van der Waals surface area contributed by atoms with E-state index in [-0.39, 0.29) is 17.4 Å². The Balaban J connectivity index is 2.09. The van der Waals surface area contributed by atoms with Crippen molar-refractivity contribution in [2.24, 2.45) is 0 Å². The zero-order valence-electron chi connectivity index (χ0n) is 18.7. The molecule has 0 bridgehead atoms. The minimum absolute atomic E-state index is 0.0154. The van der Waals surface area contributed by atoms with E-state index in [1.807, 2.05) is 39.1 Å². The summed E-state index contributed by atoms with van der Waals surface area (Å²) in [7, 11) is 1.88. The van der Waals surface area contributed by atoms with Crippen molar-refractivity contribution in [2.75, 3.05) is 20.1 Å². The third-order valence-electron chi connectivity index (χ3n) is 5.74. The molecular weight excluding hydrogens is 378 g/mol. The SMILES string of the molecule is CCC(C)OC(=O)C1=CN(C(=O)CCCNC)CC(C)(C)c2c1[nH]c1ccccc21. The summed E-state index contributed by atoms with van der Waals surface area (Å²) in [6.07, 6.45) is 3.41. The maximum absolute atomic E-state index is 13.1. The molecule has 1 aliphatic heterocycles. The monoisotopic (exact) mass is 411 g/mol. The lowest BCUT2D eigenvalue weighted by atomic mass is 9.81. The molecule has 1 unspecified atom stereocenters. The maximum Gasteiger partial charge on any atom is 0.342 e. The number of nitrogens with zero attached hydrogens (tertiary/aromatic N) is 1. The second-order valence-electron chi connectivity index (χ2n) is 8.70. The largest absolute Gasteiger partial charge is 0.459 e. The third-order valence-corrected chi connectivity index (χ3v) is 5.74. The van der Waals surface area contributed by atoms with E-state index in [1.54, 1.807) is 11.1 Å². The third kappa shape index (κ3) is 4.43. The number of carbonyl (C=O) groups is 2. The zero-order valence-corrected chi connectivity index (χ0v) is 18.7. The van der Waals surface area contributed by atoms with Crippen LogP contribution in [0, 0.1) is 0 Å². The van der Waals surface area contributed by atoms with Crippen LogP contribution in [0.25, 0.3) is 16.5 Å². The first-order valence-corrected chi connectivity index (χ1v) is 10.8. The molecule has 1 amide bonds. The minimum Gasteiger partial charge on any atom is -0.459 e. The summed E-state index contributed by atoms with van der Waals surface area (Å²) in [5.41, 5.74) is 2.85. The summed E-state index contributed by atoms with van der Waals surface area (Å²) in [4.78, 5) is 31.3. The number of nitrogens with one attached hydrogen (secondary N) is 2. The van der Waals surface area contributed by atoms with Crippen LogP contribution < -0.4 is 5.32 Å². The van der Waals surface area contributed by atoms with Gasteiger partial charge in [0.25, 0.3) is 0 Å². The van der Waals surface area contributed by atoms with Crippen molar-refractivity contribution in [2.45, 2.75) is 58.5 Å². The van der Waals surface area contributed by atoms with Crippen LogP contribution in [0.2, 0.25) is 0 Å². The van der Waals surface area contributed by atoms with E-state index in [0.717, 1.165) is 41.5 Å². The van der Waals surface area contributed by atoms with Gasteiger partial charge in [-0.1, -0.05) is 39.0 Å². The van der Waals surface area contributed by atoms with E-state index in [9.17, 15) is 9.59 Å². The van der Waals surface area contributed by atoms with Crippen LogP contribution in [0.3, 0.4) is 0 Å². The molecule has 1 aliphatic rings. The second kappa shape index (κ2) is 9.04. The van der Waals surface area contributed by atoms with Gasteiger partial charge in [0.2, 0.25) is 5.91 Å². The molecule has 162 valence electrons. The topological polar surface area (TPSA) is 74.4 Å². The normalized spacial score (nSPS) is 16.6. The van der Waals surface area contributed by atoms with Gasteiger partial charge >= 0.3 is 5.97 Å². The highest BCUT2D eigenvalue weighted by Crippen LogP contribution is 2.40. The predicted molar refractivity (Wildman–Crippen MR) is 120 cm³/mol. The average Bonchev–Trinajstić information content (AvgIpc) is 3.05. The summed E-state index contributed by atoms with van der Waals surface area (Å²) in [6.45, 7) is 9.38.